The summed E-state index contributed by atoms with van der Waals surface area (Å²) in [4.78, 5) is 15.4. The van der Waals surface area contributed by atoms with E-state index in [1.54, 1.807) is 45.4 Å². The van der Waals surface area contributed by atoms with Crippen LogP contribution in [0.1, 0.15) is 12.5 Å². The van der Waals surface area contributed by atoms with Gasteiger partial charge < -0.3 is 14.2 Å². The Hall–Kier alpha value is -2.30. The highest BCUT2D eigenvalue weighted by molar-refractivity contribution is 6.06. The molecule has 1 aliphatic heterocycles. The topological polar surface area (TPSA) is 57.1 Å². The SMILES string of the molecule is COc1cc(C=C2N=C(C)OC2=O)cc(OC)c1. The summed E-state index contributed by atoms with van der Waals surface area (Å²) in [6.45, 7) is 1.63. The van der Waals surface area contributed by atoms with Crippen LogP contribution in [0.25, 0.3) is 6.08 Å². The maximum atomic E-state index is 11.4. The molecule has 0 N–H and O–H groups in total. The average molecular weight is 247 g/mol. The summed E-state index contributed by atoms with van der Waals surface area (Å²) in [5.41, 5.74) is 1.03. The molecule has 94 valence electrons. The molecule has 0 aliphatic carbocycles. The lowest BCUT2D eigenvalue weighted by atomic mass is 10.1. The minimum absolute atomic E-state index is 0.266. The van der Waals surface area contributed by atoms with Crippen LogP contribution in [0.2, 0.25) is 0 Å². The van der Waals surface area contributed by atoms with Gasteiger partial charge in [-0.25, -0.2) is 9.79 Å². The molecule has 0 unspecified atom stereocenters. The van der Waals surface area contributed by atoms with Crippen molar-refractivity contribution in [2.75, 3.05) is 14.2 Å². The zero-order valence-electron chi connectivity index (χ0n) is 10.4. The van der Waals surface area contributed by atoms with Crippen molar-refractivity contribution in [1.29, 1.82) is 0 Å². The molecule has 1 heterocycles. The van der Waals surface area contributed by atoms with Gasteiger partial charge in [-0.15, -0.1) is 0 Å². The Morgan fingerprint density at radius 3 is 2.22 bits per heavy atom. The molecule has 1 aliphatic rings. The number of ether oxygens (including phenoxy) is 3. The highest BCUT2D eigenvalue weighted by Crippen LogP contribution is 2.25. The first-order valence-electron chi connectivity index (χ1n) is 5.34. The van der Waals surface area contributed by atoms with E-state index in [9.17, 15) is 4.79 Å². The molecular formula is C13H13NO4. The number of hydrogen-bond acceptors (Lipinski definition) is 5. The summed E-state index contributed by atoms with van der Waals surface area (Å²) >= 11 is 0. The Kier molecular flexibility index (Phi) is 3.32. The second-order valence-corrected chi connectivity index (χ2v) is 3.70. The Morgan fingerprint density at radius 1 is 1.17 bits per heavy atom. The van der Waals surface area contributed by atoms with Gasteiger partial charge in [-0.3, -0.25) is 0 Å². The van der Waals surface area contributed by atoms with Crippen molar-refractivity contribution in [1.82, 2.24) is 0 Å². The number of hydrogen-bond donors (Lipinski definition) is 0. The average Bonchev–Trinajstić information content (AvgIpc) is 2.67. The third kappa shape index (κ3) is 2.51. The van der Waals surface area contributed by atoms with Crippen LogP contribution in [-0.4, -0.2) is 26.1 Å². The molecule has 2 rings (SSSR count). The summed E-state index contributed by atoms with van der Waals surface area (Å²) in [6, 6.07) is 5.32. The largest absolute Gasteiger partial charge is 0.497 e. The lowest BCUT2D eigenvalue weighted by Gasteiger charge is -2.05. The Morgan fingerprint density at radius 2 is 1.78 bits per heavy atom. The summed E-state index contributed by atoms with van der Waals surface area (Å²) in [5.74, 6) is 1.19. The molecule has 0 radical (unpaired) electrons. The Balaban J connectivity index is 2.39. The zero-order valence-corrected chi connectivity index (χ0v) is 10.4. The van der Waals surface area contributed by atoms with E-state index < -0.39 is 5.97 Å². The number of aliphatic imine (C=N–C) groups is 1. The van der Waals surface area contributed by atoms with E-state index in [0.717, 1.165) is 5.56 Å². The van der Waals surface area contributed by atoms with Crippen LogP contribution in [-0.2, 0) is 9.53 Å². The van der Waals surface area contributed by atoms with E-state index in [1.165, 1.54) is 0 Å². The van der Waals surface area contributed by atoms with Crippen molar-refractivity contribution in [2.45, 2.75) is 6.92 Å². The molecule has 1 aromatic carbocycles. The fourth-order valence-corrected chi connectivity index (χ4v) is 1.59. The second-order valence-electron chi connectivity index (χ2n) is 3.70. The monoisotopic (exact) mass is 247 g/mol. The van der Waals surface area contributed by atoms with Gasteiger partial charge in [0.2, 0.25) is 0 Å². The van der Waals surface area contributed by atoms with Gasteiger partial charge in [0.05, 0.1) is 14.2 Å². The number of carbonyl (C=O) groups is 1. The van der Waals surface area contributed by atoms with Gasteiger partial charge in [0.25, 0.3) is 0 Å². The Bertz CT molecular complexity index is 524. The maximum absolute atomic E-state index is 11.4. The summed E-state index contributed by atoms with van der Waals surface area (Å²) in [5, 5.41) is 0. The predicted octanol–water partition coefficient (Wildman–Crippen LogP) is 2.02. The van der Waals surface area contributed by atoms with Gasteiger partial charge in [0.1, 0.15) is 11.5 Å². The van der Waals surface area contributed by atoms with Crippen LogP contribution in [0, 0.1) is 0 Å². The molecule has 5 nitrogen and oxygen atoms in total. The summed E-state index contributed by atoms with van der Waals surface area (Å²) < 4.78 is 15.1. The van der Waals surface area contributed by atoms with Gasteiger partial charge in [0, 0.05) is 13.0 Å². The standard InChI is InChI=1S/C13H13NO4/c1-8-14-12(13(15)18-8)6-9-4-10(16-2)7-11(5-9)17-3/h4-7H,1-3H3. The van der Waals surface area contributed by atoms with Gasteiger partial charge >= 0.3 is 5.97 Å². The van der Waals surface area contributed by atoms with Crippen LogP contribution in [0.3, 0.4) is 0 Å². The minimum atomic E-state index is -0.450. The molecule has 0 spiro atoms. The van der Waals surface area contributed by atoms with E-state index in [-0.39, 0.29) is 5.70 Å². The third-order valence-electron chi connectivity index (χ3n) is 2.40. The minimum Gasteiger partial charge on any atom is -0.497 e. The van der Waals surface area contributed by atoms with Crippen molar-refractivity contribution >= 4 is 17.9 Å². The first kappa shape index (κ1) is 12.2. The molecule has 0 atom stereocenters. The van der Waals surface area contributed by atoms with Crippen LogP contribution >= 0.6 is 0 Å². The first-order valence-corrected chi connectivity index (χ1v) is 5.34. The quantitative estimate of drug-likeness (QED) is 0.605. The van der Waals surface area contributed by atoms with Gasteiger partial charge in [-0.1, -0.05) is 0 Å². The Labute approximate surface area is 105 Å². The maximum Gasteiger partial charge on any atom is 0.363 e. The van der Waals surface area contributed by atoms with Gasteiger partial charge in [-0.05, 0) is 23.8 Å². The molecule has 0 aromatic heterocycles. The number of rotatable bonds is 3. The molecule has 18 heavy (non-hydrogen) atoms. The summed E-state index contributed by atoms with van der Waals surface area (Å²) in [7, 11) is 3.13. The van der Waals surface area contributed by atoms with Crippen molar-refractivity contribution in [2.24, 2.45) is 4.99 Å². The van der Waals surface area contributed by atoms with Crippen LogP contribution in [0.5, 0.6) is 11.5 Å². The van der Waals surface area contributed by atoms with Crippen molar-refractivity contribution in [3.8, 4) is 11.5 Å². The van der Waals surface area contributed by atoms with E-state index >= 15 is 0 Å². The van der Waals surface area contributed by atoms with Crippen LogP contribution in [0.15, 0.2) is 28.9 Å². The zero-order chi connectivity index (χ0) is 13.1. The van der Waals surface area contributed by atoms with E-state index in [1.807, 2.05) is 0 Å². The highest BCUT2D eigenvalue weighted by Gasteiger charge is 2.19. The van der Waals surface area contributed by atoms with Crippen LogP contribution in [0.4, 0.5) is 0 Å². The fraction of sp³-hybridized carbons (Fsp3) is 0.231. The normalized spacial score (nSPS) is 16.5. The molecule has 0 fully saturated rings. The molecule has 0 amide bonds. The number of cyclic esters (lactones) is 1. The summed E-state index contributed by atoms with van der Waals surface area (Å²) in [6.07, 6.45) is 1.63. The second kappa shape index (κ2) is 4.91. The first-order chi connectivity index (χ1) is 8.62. The molecule has 1 aromatic rings. The predicted molar refractivity (Wildman–Crippen MR) is 66.7 cm³/mol. The smallest absolute Gasteiger partial charge is 0.363 e. The van der Waals surface area contributed by atoms with Gasteiger partial charge in [-0.2, -0.15) is 0 Å². The number of esters is 1. The van der Waals surface area contributed by atoms with Crippen molar-refractivity contribution < 1.29 is 19.0 Å². The van der Waals surface area contributed by atoms with E-state index in [0.29, 0.717) is 17.4 Å². The molecule has 5 heteroatoms. The molecule has 0 saturated carbocycles. The van der Waals surface area contributed by atoms with Gasteiger partial charge in [0.15, 0.2) is 11.6 Å². The van der Waals surface area contributed by atoms with E-state index in [2.05, 4.69) is 4.99 Å². The number of methoxy groups -OCH3 is 2. The lowest BCUT2D eigenvalue weighted by molar-refractivity contribution is -0.130. The number of benzene rings is 1. The molecular weight excluding hydrogens is 234 g/mol. The fourth-order valence-electron chi connectivity index (χ4n) is 1.59. The lowest BCUT2D eigenvalue weighted by Crippen LogP contribution is -1.99. The van der Waals surface area contributed by atoms with Crippen LogP contribution < -0.4 is 9.47 Å². The number of carbonyl (C=O) groups excluding carboxylic acids is 1. The van der Waals surface area contributed by atoms with Crippen molar-refractivity contribution in [3.63, 3.8) is 0 Å². The third-order valence-corrected chi connectivity index (χ3v) is 2.40. The van der Waals surface area contributed by atoms with Crippen molar-refractivity contribution in [3.05, 3.63) is 29.5 Å². The molecule has 0 bridgehead atoms. The van der Waals surface area contributed by atoms with E-state index in [4.69, 9.17) is 14.2 Å². The molecule has 0 saturated heterocycles. The number of nitrogens with zero attached hydrogens (tertiary/aromatic N) is 1. The highest BCUT2D eigenvalue weighted by atomic mass is 16.6.